The lowest BCUT2D eigenvalue weighted by Crippen LogP contribution is -2.06. The van der Waals surface area contributed by atoms with Crippen LogP contribution < -0.4 is 5.32 Å². The van der Waals surface area contributed by atoms with Gasteiger partial charge < -0.3 is 15.0 Å². The van der Waals surface area contributed by atoms with E-state index in [1.165, 1.54) is 0 Å². The molecule has 0 saturated heterocycles. The molecule has 6 nitrogen and oxygen atoms in total. The zero-order valence-electron chi connectivity index (χ0n) is 14.9. The highest BCUT2D eigenvalue weighted by Gasteiger charge is 2.26. The smallest absolute Gasteiger partial charge is 0.339 e. The maximum Gasteiger partial charge on any atom is 0.339 e. The van der Waals surface area contributed by atoms with E-state index < -0.39 is 5.97 Å². The van der Waals surface area contributed by atoms with Crippen LogP contribution in [0.4, 0.5) is 11.5 Å². The summed E-state index contributed by atoms with van der Waals surface area (Å²) in [7, 11) is 0. The van der Waals surface area contributed by atoms with Gasteiger partial charge in [0.05, 0.1) is 11.9 Å². The summed E-state index contributed by atoms with van der Waals surface area (Å²) in [6.07, 6.45) is 7.76. The molecular formula is C20H22N4O2. The fraction of sp³-hybridized carbons (Fsp3) is 0.350. The van der Waals surface area contributed by atoms with Gasteiger partial charge in [0.25, 0.3) is 0 Å². The zero-order valence-corrected chi connectivity index (χ0v) is 14.9. The molecule has 0 unspecified atom stereocenters. The van der Waals surface area contributed by atoms with E-state index in [2.05, 4.69) is 33.7 Å². The molecule has 3 heterocycles. The van der Waals surface area contributed by atoms with Gasteiger partial charge in [-0.25, -0.2) is 14.8 Å². The number of rotatable bonds is 6. The number of carboxylic acids is 1. The highest BCUT2D eigenvalue weighted by Crippen LogP contribution is 2.40. The lowest BCUT2D eigenvalue weighted by atomic mass is 10.1. The molecular weight excluding hydrogens is 328 g/mol. The van der Waals surface area contributed by atoms with Crippen molar-refractivity contribution >= 4 is 28.5 Å². The molecule has 134 valence electrons. The summed E-state index contributed by atoms with van der Waals surface area (Å²) in [6.45, 7) is 5.26. The first-order valence-corrected chi connectivity index (χ1v) is 8.96. The molecule has 2 N–H and O–H groups in total. The molecule has 0 amide bonds. The molecule has 0 atom stereocenters. The van der Waals surface area contributed by atoms with Crippen LogP contribution in [0.1, 0.15) is 48.5 Å². The Bertz CT molecular complexity index is 973. The average Bonchev–Trinajstić information content (AvgIpc) is 3.38. The zero-order chi connectivity index (χ0) is 18.3. The highest BCUT2D eigenvalue weighted by molar-refractivity contribution is 5.94. The van der Waals surface area contributed by atoms with E-state index in [1.54, 1.807) is 18.5 Å². The number of hydrogen-bond donors (Lipinski definition) is 2. The topological polar surface area (TPSA) is 80.0 Å². The molecule has 0 bridgehead atoms. The highest BCUT2D eigenvalue weighted by atomic mass is 16.4. The normalized spacial score (nSPS) is 14.1. The Morgan fingerprint density at radius 3 is 2.81 bits per heavy atom. The molecule has 26 heavy (non-hydrogen) atoms. The van der Waals surface area contributed by atoms with Crippen molar-refractivity contribution in [2.24, 2.45) is 5.92 Å². The summed E-state index contributed by atoms with van der Waals surface area (Å²) in [5.74, 6) is 0.384. The van der Waals surface area contributed by atoms with Crippen LogP contribution in [0, 0.1) is 5.92 Å². The minimum atomic E-state index is -0.973. The standard InChI is InChI=1S/C20H22N4O2/c1-12(2)11-24-6-5-14-7-16(10-22-19(14)24)23-18-17(20(25)26)8-15(9-21-18)13-3-4-13/h5-10,12-13H,3-4,11H2,1-2H3,(H,21,23)(H,25,26). The van der Waals surface area contributed by atoms with E-state index in [4.69, 9.17) is 0 Å². The number of aromatic nitrogens is 3. The predicted octanol–water partition coefficient (Wildman–Crippen LogP) is 4.41. The quantitative estimate of drug-likeness (QED) is 0.688. The van der Waals surface area contributed by atoms with E-state index in [0.717, 1.165) is 41.7 Å². The lowest BCUT2D eigenvalue weighted by molar-refractivity contribution is 0.0697. The summed E-state index contributed by atoms with van der Waals surface area (Å²) in [5.41, 5.74) is 2.87. The van der Waals surface area contributed by atoms with E-state index in [9.17, 15) is 9.90 Å². The van der Waals surface area contributed by atoms with Crippen molar-refractivity contribution in [3.63, 3.8) is 0 Å². The molecule has 6 heteroatoms. The molecule has 4 rings (SSSR count). The maximum absolute atomic E-state index is 11.6. The van der Waals surface area contributed by atoms with Gasteiger partial charge in [-0.05, 0) is 48.4 Å². The van der Waals surface area contributed by atoms with E-state index >= 15 is 0 Å². The first kappa shape index (κ1) is 16.6. The van der Waals surface area contributed by atoms with Crippen LogP contribution in [-0.2, 0) is 6.54 Å². The Morgan fingerprint density at radius 2 is 2.12 bits per heavy atom. The summed E-state index contributed by atoms with van der Waals surface area (Å²) in [5, 5.41) is 13.7. The Hall–Kier alpha value is -2.89. The Kier molecular flexibility index (Phi) is 4.11. The van der Waals surface area contributed by atoms with Crippen LogP contribution in [0.2, 0.25) is 0 Å². The molecule has 1 saturated carbocycles. The van der Waals surface area contributed by atoms with Gasteiger partial charge in [0, 0.05) is 24.3 Å². The summed E-state index contributed by atoms with van der Waals surface area (Å²) >= 11 is 0. The SMILES string of the molecule is CC(C)Cn1ccc2cc(Nc3ncc(C4CC4)cc3C(=O)O)cnc21. The van der Waals surface area contributed by atoms with Gasteiger partial charge in [0.1, 0.15) is 17.0 Å². The number of nitrogens with zero attached hydrogens (tertiary/aromatic N) is 3. The van der Waals surface area contributed by atoms with E-state index in [-0.39, 0.29) is 5.56 Å². The van der Waals surface area contributed by atoms with Gasteiger partial charge in [0.15, 0.2) is 0 Å². The van der Waals surface area contributed by atoms with Gasteiger partial charge in [-0.15, -0.1) is 0 Å². The van der Waals surface area contributed by atoms with Crippen LogP contribution >= 0.6 is 0 Å². The number of aromatic carboxylic acids is 1. The van der Waals surface area contributed by atoms with Gasteiger partial charge in [-0.2, -0.15) is 0 Å². The van der Waals surface area contributed by atoms with Gasteiger partial charge in [-0.1, -0.05) is 13.8 Å². The van der Waals surface area contributed by atoms with Crippen LogP contribution in [-0.4, -0.2) is 25.6 Å². The summed E-state index contributed by atoms with van der Waals surface area (Å²) in [4.78, 5) is 20.5. The second-order valence-corrected chi connectivity index (χ2v) is 7.37. The fourth-order valence-corrected chi connectivity index (χ4v) is 3.21. The number of pyridine rings is 2. The lowest BCUT2D eigenvalue weighted by Gasteiger charge is -2.11. The first-order chi connectivity index (χ1) is 12.5. The average molecular weight is 350 g/mol. The van der Waals surface area contributed by atoms with Crippen molar-refractivity contribution in [3.05, 3.63) is 47.9 Å². The molecule has 0 radical (unpaired) electrons. The molecule has 1 aliphatic carbocycles. The van der Waals surface area contributed by atoms with Crippen molar-refractivity contribution < 1.29 is 9.90 Å². The largest absolute Gasteiger partial charge is 0.478 e. The second-order valence-electron chi connectivity index (χ2n) is 7.37. The Morgan fingerprint density at radius 1 is 1.31 bits per heavy atom. The van der Waals surface area contributed by atoms with Gasteiger partial charge in [-0.3, -0.25) is 0 Å². The van der Waals surface area contributed by atoms with Crippen LogP contribution in [0.25, 0.3) is 11.0 Å². The third-order valence-corrected chi connectivity index (χ3v) is 4.61. The van der Waals surface area contributed by atoms with Gasteiger partial charge in [0.2, 0.25) is 0 Å². The summed E-state index contributed by atoms with van der Waals surface area (Å²) in [6, 6.07) is 5.74. The molecule has 3 aromatic rings. The number of carbonyl (C=O) groups is 1. The molecule has 0 aliphatic heterocycles. The minimum absolute atomic E-state index is 0.201. The maximum atomic E-state index is 11.6. The van der Waals surface area contributed by atoms with Crippen LogP contribution in [0.5, 0.6) is 0 Å². The fourth-order valence-electron chi connectivity index (χ4n) is 3.21. The Balaban J connectivity index is 1.63. The number of carboxylic acid groups (broad SMARTS) is 1. The summed E-state index contributed by atoms with van der Waals surface area (Å²) < 4.78 is 2.13. The number of fused-ring (bicyclic) bond motifs is 1. The van der Waals surface area contributed by atoms with Crippen molar-refractivity contribution in [3.8, 4) is 0 Å². The number of nitrogens with one attached hydrogen (secondary N) is 1. The number of hydrogen-bond acceptors (Lipinski definition) is 4. The first-order valence-electron chi connectivity index (χ1n) is 8.96. The van der Waals surface area contributed by atoms with Crippen molar-refractivity contribution in [2.75, 3.05) is 5.32 Å². The molecule has 0 spiro atoms. The van der Waals surface area contributed by atoms with Crippen LogP contribution in [0.3, 0.4) is 0 Å². The molecule has 1 aliphatic rings. The third-order valence-electron chi connectivity index (χ3n) is 4.61. The Labute approximate surface area is 151 Å². The third kappa shape index (κ3) is 3.27. The minimum Gasteiger partial charge on any atom is -0.478 e. The van der Waals surface area contributed by atoms with Crippen molar-refractivity contribution in [1.82, 2.24) is 14.5 Å². The van der Waals surface area contributed by atoms with E-state index in [0.29, 0.717) is 17.7 Å². The van der Waals surface area contributed by atoms with Crippen molar-refractivity contribution in [2.45, 2.75) is 39.2 Å². The van der Waals surface area contributed by atoms with Crippen molar-refractivity contribution in [1.29, 1.82) is 0 Å². The molecule has 0 aromatic carbocycles. The molecule has 3 aromatic heterocycles. The van der Waals surface area contributed by atoms with Gasteiger partial charge >= 0.3 is 5.97 Å². The predicted molar refractivity (Wildman–Crippen MR) is 101 cm³/mol. The van der Waals surface area contributed by atoms with E-state index in [1.807, 2.05) is 18.3 Å². The second kappa shape index (κ2) is 6.44. The van der Waals surface area contributed by atoms with Crippen LogP contribution in [0.15, 0.2) is 36.8 Å². The number of anilines is 2. The monoisotopic (exact) mass is 350 g/mol. The molecule has 1 fully saturated rings.